The van der Waals surface area contributed by atoms with E-state index in [4.69, 9.17) is 16.6 Å². The number of carbonyl (C=O) groups excluding carboxylic acids is 1. The molecule has 0 bridgehead atoms. The zero-order valence-corrected chi connectivity index (χ0v) is 21.1. The molecule has 2 fully saturated rings. The van der Waals surface area contributed by atoms with Crippen LogP contribution in [0, 0.1) is 18.3 Å². The standard InChI is InChI=1S/C25H28N4O3S2/c1-3-4-12-28-22(27-10-6-5-7-11-27)19(17(2)20(15-26)23(28)30)14-21-24(31)29(25(33)34-21)16-18-9-8-13-32-18/h8-9,13-14H,3-7,10-12,16H2,1-2H3/b21-14+. The van der Waals surface area contributed by atoms with Crippen molar-refractivity contribution in [2.75, 3.05) is 18.0 Å². The summed E-state index contributed by atoms with van der Waals surface area (Å²) in [7, 11) is 0. The second-order valence-electron chi connectivity index (χ2n) is 8.55. The molecule has 4 rings (SSSR count). The third kappa shape index (κ3) is 4.70. The van der Waals surface area contributed by atoms with Gasteiger partial charge in [-0.3, -0.25) is 19.1 Å². The first-order chi connectivity index (χ1) is 16.5. The first-order valence-electron chi connectivity index (χ1n) is 11.7. The molecule has 2 aliphatic rings. The Morgan fingerprint density at radius 2 is 2.03 bits per heavy atom. The van der Waals surface area contributed by atoms with Crippen LogP contribution in [0.3, 0.4) is 0 Å². The quantitative estimate of drug-likeness (QED) is 0.402. The summed E-state index contributed by atoms with van der Waals surface area (Å²) in [5.74, 6) is 1.27. The number of thiocarbonyl (C=S) groups is 1. The molecule has 7 nitrogen and oxygen atoms in total. The van der Waals surface area contributed by atoms with Gasteiger partial charge in [-0.15, -0.1) is 0 Å². The molecule has 2 aromatic rings. The van der Waals surface area contributed by atoms with Gasteiger partial charge in [0.05, 0.1) is 17.7 Å². The number of nitriles is 1. The van der Waals surface area contributed by atoms with Crippen molar-refractivity contribution in [3.05, 3.63) is 56.1 Å². The van der Waals surface area contributed by atoms with Gasteiger partial charge in [0, 0.05) is 25.2 Å². The second-order valence-corrected chi connectivity index (χ2v) is 10.2. The molecule has 0 aromatic carbocycles. The molecule has 0 aliphatic carbocycles. The predicted octanol–water partition coefficient (Wildman–Crippen LogP) is 4.81. The van der Waals surface area contributed by atoms with E-state index in [1.54, 1.807) is 23.8 Å². The molecule has 0 unspecified atom stereocenters. The maximum atomic E-state index is 13.3. The number of piperidine rings is 1. The maximum Gasteiger partial charge on any atom is 0.270 e. The number of hydrogen-bond donors (Lipinski definition) is 0. The molecule has 178 valence electrons. The highest BCUT2D eigenvalue weighted by atomic mass is 32.2. The van der Waals surface area contributed by atoms with Gasteiger partial charge in [0.2, 0.25) is 0 Å². The Balaban J connectivity index is 1.83. The second kappa shape index (κ2) is 10.6. The number of hydrogen-bond acceptors (Lipinski definition) is 7. The Labute approximate surface area is 209 Å². The molecule has 0 N–H and O–H groups in total. The van der Waals surface area contributed by atoms with Crippen LogP contribution in [0.15, 0.2) is 32.5 Å². The Hall–Kier alpha value is -2.83. The summed E-state index contributed by atoms with van der Waals surface area (Å²) in [4.78, 5) is 30.8. The van der Waals surface area contributed by atoms with Gasteiger partial charge in [0.1, 0.15) is 27.5 Å². The first kappa shape index (κ1) is 24.3. The van der Waals surface area contributed by atoms with Gasteiger partial charge in [0.25, 0.3) is 11.5 Å². The number of aromatic nitrogens is 1. The van der Waals surface area contributed by atoms with E-state index in [-0.39, 0.29) is 23.6 Å². The average molecular weight is 497 g/mol. The topological polar surface area (TPSA) is 82.5 Å². The third-order valence-corrected chi connectivity index (χ3v) is 7.66. The normalized spacial score (nSPS) is 17.6. The summed E-state index contributed by atoms with van der Waals surface area (Å²) in [5.41, 5.74) is 1.25. The Bertz CT molecular complexity index is 1220. The third-order valence-electron chi connectivity index (χ3n) is 6.28. The van der Waals surface area contributed by atoms with E-state index in [0.29, 0.717) is 27.1 Å². The number of furan rings is 1. The molecule has 2 aromatic heterocycles. The molecule has 0 radical (unpaired) electrons. The SMILES string of the molecule is CCCCn1c(N2CCCCC2)c(/C=C2/SC(=S)N(Cc3ccco3)C2=O)c(C)c(C#N)c1=O. The Kier molecular flexibility index (Phi) is 7.59. The van der Waals surface area contributed by atoms with Crippen LogP contribution >= 0.6 is 24.0 Å². The van der Waals surface area contributed by atoms with E-state index in [0.717, 1.165) is 56.6 Å². The van der Waals surface area contributed by atoms with Gasteiger partial charge in [-0.25, -0.2) is 0 Å². The Morgan fingerprint density at radius 1 is 1.26 bits per heavy atom. The number of nitrogens with zero attached hydrogens (tertiary/aromatic N) is 4. The number of thioether (sulfide) groups is 1. The van der Waals surface area contributed by atoms with Gasteiger partial charge in [0.15, 0.2) is 0 Å². The van der Waals surface area contributed by atoms with Crippen molar-refractivity contribution in [3.8, 4) is 6.07 Å². The molecular formula is C25H28N4O3S2. The molecule has 2 aliphatic heterocycles. The van der Waals surface area contributed by atoms with Gasteiger partial charge in [-0.1, -0.05) is 37.3 Å². The van der Waals surface area contributed by atoms with Gasteiger partial charge >= 0.3 is 0 Å². The number of unbranched alkanes of at least 4 members (excludes halogenated alkanes) is 1. The molecule has 0 spiro atoms. The van der Waals surface area contributed by atoms with Crippen molar-refractivity contribution in [2.24, 2.45) is 0 Å². The summed E-state index contributed by atoms with van der Waals surface area (Å²) >= 11 is 6.74. The van der Waals surface area contributed by atoms with Crippen LogP contribution in [0.1, 0.15) is 61.5 Å². The van der Waals surface area contributed by atoms with E-state index >= 15 is 0 Å². The van der Waals surface area contributed by atoms with Crippen LogP contribution < -0.4 is 10.5 Å². The minimum Gasteiger partial charge on any atom is -0.467 e. The Morgan fingerprint density at radius 3 is 2.68 bits per heavy atom. The number of rotatable bonds is 7. The van der Waals surface area contributed by atoms with Gasteiger partial charge in [-0.05, 0) is 56.4 Å². The van der Waals surface area contributed by atoms with Crippen molar-refractivity contribution in [2.45, 2.75) is 59.0 Å². The smallest absolute Gasteiger partial charge is 0.270 e. The highest BCUT2D eigenvalue weighted by Gasteiger charge is 2.34. The van der Waals surface area contributed by atoms with Crippen LogP contribution in [-0.4, -0.2) is 32.8 Å². The van der Waals surface area contributed by atoms with Crippen LogP contribution in [0.2, 0.25) is 0 Å². The van der Waals surface area contributed by atoms with Crippen LogP contribution in [0.5, 0.6) is 0 Å². The van der Waals surface area contributed by atoms with Crippen molar-refractivity contribution in [1.29, 1.82) is 5.26 Å². The monoisotopic (exact) mass is 496 g/mol. The average Bonchev–Trinajstić information content (AvgIpc) is 3.45. The lowest BCUT2D eigenvalue weighted by atomic mass is 10.0. The fraction of sp³-hybridized carbons (Fsp3) is 0.440. The predicted molar refractivity (Wildman–Crippen MR) is 139 cm³/mol. The van der Waals surface area contributed by atoms with Gasteiger partial charge < -0.3 is 9.32 Å². The van der Waals surface area contributed by atoms with E-state index < -0.39 is 0 Å². The van der Waals surface area contributed by atoms with Crippen molar-refractivity contribution >= 4 is 46.1 Å². The highest BCUT2D eigenvalue weighted by Crippen LogP contribution is 2.37. The summed E-state index contributed by atoms with van der Waals surface area (Å²) in [6.45, 7) is 6.38. The minimum absolute atomic E-state index is 0.133. The van der Waals surface area contributed by atoms with Crippen LogP contribution in [0.4, 0.5) is 5.82 Å². The van der Waals surface area contributed by atoms with Crippen molar-refractivity contribution < 1.29 is 9.21 Å². The minimum atomic E-state index is -0.253. The molecule has 9 heteroatoms. The van der Waals surface area contributed by atoms with Gasteiger partial charge in [-0.2, -0.15) is 5.26 Å². The number of pyridine rings is 1. The lowest BCUT2D eigenvalue weighted by Gasteiger charge is -2.33. The molecule has 34 heavy (non-hydrogen) atoms. The molecule has 0 saturated carbocycles. The molecule has 0 atom stereocenters. The summed E-state index contributed by atoms with van der Waals surface area (Å²) < 4.78 is 7.61. The zero-order valence-electron chi connectivity index (χ0n) is 19.5. The van der Waals surface area contributed by atoms with E-state index in [1.165, 1.54) is 16.7 Å². The summed E-state index contributed by atoms with van der Waals surface area (Å²) in [5, 5.41) is 9.81. The van der Waals surface area contributed by atoms with E-state index in [9.17, 15) is 14.9 Å². The molecule has 1 amide bonds. The van der Waals surface area contributed by atoms with Crippen molar-refractivity contribution in [3.63, 3.8) is 0 Å². The van der Waals surface area contributed by atoms with Crippen LogP contribution in [0.25, 0.3) is 6.08 Å². The van der Waals surface area contributed by atoms with Crippen molar-refractivity contribution in [1.82, 2.24) is 9.47 Å². The fourth-order valence-electron chi connectivity index (χ4n) is 4.44. The largest absolute Gasteiger partial charge is 0.467 e. The first-order valence-corrected chi connectivity index (χ1v) is 12.9. The molecular weight excluding hydrogens is 468 g/mol. The summed E-state index contributed by atoms with van der Waals surface area (Å²) in [6, 6.07) is 5.70. The number of carbonyl (C=O) groups is 1. The number of amides is 1. The molecule has 2 saturated heterocycles. The number of anilines is 1. The zero-order chi connectivity index (χ0) is 24.2. The maximum absolute atomic E-state index is 13.3. The lowest BCUT2D eigenvalue weighted by Crippen LogP contribution is -2.37. The fourth-order valence-corrected chi connectivity index (χ4v) is 5.68. The highest BCUT2D eigenvalue weighted by molar-refractivity contribution is 8.26. The van der Waals surface area contributed by atoms with E-state index in [2.05, 4.69) is 17.9 Å². The van der Waals surface area contributed by atoms with E-state index in [1.807, 2.05) is 12.1 Å². The van der Waals surface area contributed by atoms with Crippen LogP contribution in [-0.2, 0) is 17.9 Å². The molecule has 4 heterocycles. The summed E-state index contributed by atoms with van der Waals surface area (Å²) in [6.07, 6.45) is 8.41. The lowest BCUT2D eigenvalue weighted by molar-refractivity contribution is -0.122.